The molecule has 0 spiro atoms. The molecule has 0 amide bonds. The Balaban J connectivity index is 0.00000289. The van der Waals surface area contributed by atoms with E-state index in [-0.39, 0.29) is 24.6 Å². The van der Waals surface area contributed by atoms with E-state index < -0.39 is 0 Å². The summed E-state index contributed by atoms with van der Waals surface area (Å²) in [6, 6.07) is 16.7. The number of methoxy groups -OCH3 is 1. The molecule has 0 radical (unpaired) electrons. The molecular formula is C26H36ClNO4. The molecule has 1 saturated carbocycles. The molecule has 0 aromatic heterocycles. The molecule has 1 heterocycles. The van der Waals surface area contributed by atoms with Gasteiger partial charge in [-0.2, -0.15) is 0 Å². The van der Waals surface area contributed by atoms with Crippen molar-refractivity contribution in [1.82, 2.24) is 4.90 Å². The Kier molecular flexibility index (Phi) is 9.67. The van der Waals surface area contributed by atoms with Crippen LogP contribution in [0.15, 0.2) is 48.5 Å². The van der Waals surface area contributed by atoms with Crippen LogP contribution in [0.2, 0.25) is 0 Å². The smallest absolute Gasteiger partial charge is 0.161 e. The first-order chi connectivity index (χ1) is 15.2. The van der Waals surface area contributed by atoms with Gasteiger partial charge in [-0.1, -0.05) is 49.2 Å². The predicted molar refractivity (Wildman–Crippen MR) is 129 cm³/mol. The minimum absolute atomic E-state index is 0. The maximum atomic E-state index is 9.91. The lowest BCUT2D eigenvalue weighted by atomic mass is 9.91. The number of benzene rings is 2. The van der Waals surface area contributed by atoms with Crippen LogP contribution in [0.4, 0.5) is 0 Å². The zero-order valence-electron chi connectivity index (χ0n) is 18.9. The third-order valence-electron chi connectivity index (χ3n) is 6.52. The average Bonchev–Trinajstić information content (AvgIpc) is 3.25. The van der Waals surface area contributed by atoms with Crippen molar-refractivity contribution in [3.8, 4) is 11.5 Å². The van der Waals surface area contributed by atoms with Crippen LogP contribution in [0.25, 0.3) is 0 Å². The second kappa shape index (κ2) is 12.4. The van der Waals surface area contributed by atoms with Gasteiger partial charge < -0.3 is 19.3 Å². The molecule has 1 N–H and O–H groups in total. The fourth-order valence-electron chi connectivity index (χ4n) is 4.81. The van der Waals surface area contributed by atoms with Gasteiger partial charge in [-0.3, -0.25) is 4.90 Å². The van der Waals surface area contributed by atoms with Gasteiger partial charge in [0.1, 0.15) is 6.61 Å². The first kappa shape index (κ1) is 24.8. The molecule has 176 valence electrons. The average molecular weight is 462 g/mol. The van der Waals surface area contributed by atoms with E-state index in [4.69, 9.17) is 14.2 Å². The molecule has 1 aliphatic heterocycles. The second-order valence-electron chi connectivity index (χ2n) is 8.71. The summed E-state index contributed by atoms with van der Waals surface area (Å²) < 4.78 is 17.9. The molecule has 2 aliphatic rings. The number of aliphatic hydroxyl groups excluding tert-OH is 1. The van der Waals surface area contributed by atoms with Crippen molar-refractivity contribution in [1.29, 1.82) is 0 Å². The van der Waals surface area contributed by atoms with E-state index in [1.807, 2.05) is 24.3 Å². The summed E-state index contributed by atoms with van der Waals surface area (Å²) in [5.41, 5.74) is 2.32. The maximum absolute atomic E-state index is 9.91. The van der Waals surface area contributed by atoms with Gasteiger partial charge in [0.15, 0.2) is 11.5 Å². The van der Waals surface area contributed by atoms with Crippen molar-refractivity contribution in [3.05, 3.63) is 59.7 Å². The molecule has 1 aliphatic carbocycles. The zero-order chi connectivity index (χ0) is 21.5. The number of likely N-dealkylation sites (tertiary alicyclic amines) is 1. The van der Waals surface area contributed by atoms with Gasteiger partial charge in [-0.05, 0) is 48.9 Å². The quantitative estimate of drug-likeness (QED) is 0.589. The molecule has 5 nitrogen and oxygen atoms in total. The van der Waals surface area contributed by atoms with Crippen molar-refractivity contribution in [2.24, 2.45) is 0 Å². The number of rotatable bonds is 9. The fourth-order valence-corrected chi connectivity index (χ4v) is 4.81. The lowest BCUT2D eigenvalue weighted by molar-refractivity contribution is -0.0316. The Morgan fingerprint density at radius 3 is 2.53 bits per heavy atom. The Hall–Kier alpha value is -1.79. The van der Waals surface area contributed by atoms with Crippen LogP contribution in [0.3, 0.4) is 0 Å². The summed E-state index contributed by atoms with van der Waals surface area (Å²) in [6.07, 6.45) is 6.64. The Morgan fingerprint density at radius 1 is 0.969 bits per heavy atom. The van der Waals surface area contributed by atoms with Gasteiger partial charge in [-0.15, -0.1) is 12.4 Å². The van der Waals surface area contributed by atoms with Gasteiger partial charge in [-0.25, -0.2) is 0 Å². The normalized spacial score (nSPS) is 23.5. The number of ether oxygens (including phenoxy) is 3. The van der Waals surface area contributed by atoms with Gasteiger partial charge in [0.25, 0.3) is 0 Å². The molecule has 2 fully saturated rings. The summed E-state index contributed by atoms with van der Waals surface area (Å²) in [5, 5.41) is 9.91. The number of nitrogens with zero attached hydrogens (tertiary/aromatic N) is 1. The molecule has 0 bridgehead atoms. The van der Waals surface area contributed by atoms with E-state index in [1.54, 1.807) is 7.11 Å². The molecule has 2 aromatic carbocycles. The highest BCUT2D eigenvalue weighted by Gasteiger charge is 2.34. The van der Waals surface area contributed by atoms with Crippen molar-refractivity contribution >= 4 is 12.4 Å². The highest BCUT2D eigenvalue weighted by molar-refractivity contribution is 5.85. The first-order valence-electron chi connectivity index (χ1n) is 11.6. The largest absolute Gasteiger partial charge is 0.493 e. The number of halogens is 1. The van der Waals surface area contributed by atoms with E-state index in [0.717, 1.165) is 49.4 Å². The number of hydrogen-bond donors (Lipinski definition) is 1. The molecule has 2 aromatic rings. The van der Waals surface area contributed by atoms with Gasteiger partial charge in [0.05, 0.1) is 25.9 Å². The highest BCUT2D eigenvalue weighted by Crippen LogP contribution is 2.30. The molecule has 1 saturated heterocycles. The topological polar surface area (TPSA) is 51.2 Å². The molecule has 3 atom stereocenters. The van der Waals surface area contributed by atoms with Crippen LogP contribution >= 0.6 is 12.4 Å². The van der Waals surface area contributed by atoms with Gasteiger partial charge in [0.2, 0.25) is 0 Å². The zero-order valence-corrected chi connectivity index (χ0v) is 19.8. The third-order valence-corrected chi connectivity index (χ3v) is 6.52. The van der Waals surface area contributed by atoms with Crippen molar-refractivity contribution in [2.75, 3.05) is 26.8 Å². The third kappa shape index (κ3) is 6.61. The van der Waals surface area contributed by atoms with Crippen molar-refractivity contribution < 1.29 is 19.3 Å². The summed E-state index contributed by atoms with van der Waals surface area (Å²) in [5.74, 6) is 1.52. The lowest BCUT2D eigenvalue weighted by Crippen LogP contribution is -2.46. The molecule has 4 rings (SSSR count). The van der Waals surface area contributed by atoms with E-state index in [0.29, 0.717) is 19.3 Å². The molecule has 6 heteroatoms. The second-order valence-corrected chi connectivity index (χ2v) is 8.71. The number of aliphatic hydroxyl groups is 1. The van der Waals surface area contributed by atoms with Gasteiger partial charge in [0, 0.05) is 19.1 Å². The Bertz CT molecular complexity index is 819. The summed E-state index contributed by atoms with van der Waals surface area (Å²) in [6.45, 7) is 3.01. The van der Waals surface area contributed by atoms with E-state index in [1.165, 1.54) is 24.8 Å². The van der Waals surface area contributed by atoms with Gasteiger partial charge >= 0.3 is 0 Å². The summed E-state index contributed by atoms with van der Waals surface area (Å²) >= 11 is 0. The standard InChI is InChI=1S/C26H35NO4.ClH/c1-29-26-17-20(11-12-25(26)31-19-21-7-3-2-4-8-21)14-16-30-24-10-6-5-9-23(24)27-15-13-22(28)18-27;/h2-4,7-8,11-12,17,22-24,28H,5-6,9-10,13-16,18-19H2,1H3;1H/t22-,23?,24?;/m1./s1. The summed E-state index contributed by atoms with van der Waals surface area (Å²) in [7, 11) is 1.68. The lowest BCUT2D eigenvalue weighted by Gasteiger charge is -2.37. The van der Waals surface area contributed by atoms with Crippen molar-refractivity contribution in [3.63, 3.8) is 0 Å². The highest BCUT2D eigenvalue weighted by atomic mass is 35.5. The predicted octanol–water partition coefficient (Wildman–Crippen LogP) is 4.63. The van der Waals surface area contributed by atoms with Crippen LogP contribution in [-0.4, -0.2) is 55.1 Å². The monoisotopic (exact) mass is 461 g/mol. The Labute approximate surface area is 198 Å². The van der Waals surface area contributed by atoms with Crippen LogP contribution in [0.5, 0.6) is 11.5 Å². The maximum Gasteiger partial charge on any atom is 0.161 e. The van der Waals surface area contributed by atoms with Crippen molar-refractivity contribution in [2.45, 2.75) is 63.4 Å². The van der Waals surface area contributed by atoms with Crippen LogP contribution in [0, 0.1) is 0 Å². The number of β-amino-alcohol motifs (C(OH)–C–C–N with tert-alkyl or cyclic N) is 1. The minimum Gasteiger partial charge on any atom is -0.493 e. The SMILES string of the molecule is COc1cc(CCOC2CCCCC2N2CC[C@@H](O)C2)ccc1OCc1ccccc1.Cl. The minimum atomic E-state index is -0.169. The first-order valence-corrected chi connectivity index (χ1v) is 11.6. The molecular weight excluding hydrogens is 426 g/mol. The molecule has 32 heavy (non-hydrogen) atoms. The summed E-state index contributed by atoms with van der Waals surface area (Å²) in [4.78, 5) is 2.44. The number of hydrogen-bond acceptors (Lipinski definition) is 5. The van der Waals surface area contributed by atoms with Crippen LogP contribution < -0.4 is 9.47 Å². The van der Waals surface area contributed by atoms with Crippen LogP contribution in [-0.2, 0) is 17.8 Å². The van der Waals surface area contributed by atoms with E-state index >= 15 is 0 Å². The van der Waals surface area contributed by atoms with E-state index in [2.05, 4.69) is 29.2 Å². The Morgan fingerprint density at radius 2 is 1.78 bits per heavy atom. The molecule has 2 unspecified atom stereocenters. The fraction of sp³-hybridized carbons (Fsp3) is 0.538. The van der Waals surface area contributed by atoms with Crippen LogP contribution in [0.1, 0.15) is 43.2 Å². The van der Waals surface area contributed by atoms with E-state index in [9.17, 15) is 5.11 Å².